The van der Waals surface area contributed by atoms with Crippen LogP contribution in [0.25, 0.3) is 11.2 Å². The van der Waals surface area contributed by atoms with Crippen LogP contribution in [0.3, 0.4) is 0 Å². The van der Waals surface area contributed by atoms with E-state index in [0.29, 0.717) is 22.8 Å². The molecule has 4 rings (SSSR count). The van der Waals surface area contributed by atoms with Crippen LogP contribution in [-0.4, -0.2) is 41.0 Å². The molecule has 3 aromatic rings. The van der Waals surface area contributed by atoms with Gasteiger partial charge in [0.1, 0.15) is 6.61 Å². The van der Waals surface area contributed by atoms with Crippen LogP contribution in [0.15, 0.2) is 22.0 Å². The second-order valence-electron chi connectivity index (χ2n) is 8.76. The smallest absolute Gasteiger partial charge is 0.358 e. The molecule has 0 aliphatic heterocycles. The molecule has 1 fully saturated rings. The lowest BCUT2D eigenvalue weighted by atomic mass is 10.1. The van der Waals surface area contributed by atoms with Crippen molar-refractivity contribution in [3.63, 3.8) is 0 Å². The van der Waals surface area contributed by atoms with Crippen LogP contribution in [0.2, 0.25) is 0 Å². The van der Waals surface area contributed by atoms with Gasteiger partial charge in [-0.1, -0.05) is 0 Å². The maximum Gasteiger partial charge on any atom is 0.358 e. The topological polar surface area (TPSA) is 106 Å². The van der Waals surface area contributed by atoms with Crippen LogP contribution in [0.5, 0.6) is 0 Å². The number of ether oxygens (including phenoxy) is 1. The summed E-state index contributed by atoms with van der Waals surface area (Å²) in [5, 5.41) is 4.49. The molecule has 3 heterocycles. The summed E-state index contributed by atoms with van der Waals surface area (Å²) in [5.41, 5.74) is 0.860. The molecule has 160 valence electrons. The number of carbonyl (C=O) groups is 1. The number of carbonyl (C=O) groups excluding carboxylic acids is 1. The van der Waals surface area contributed by atoms with Gasteiger partial charge in [-0.05, 0) is 39.7 Å². The fourth-order valence-electron chi connectivity index (χ4n) is 3.58. The summed E-state index contributed by atoms with van der Waals surface area (Å²) in [6.07, 6.45) is 3.70. The number of rotatable bonds is 5. The molecule has 1 aliphatic carbocycles. The summed E-state index contributed by atoms with van der Waals surface area (Å²) in [6, 6.07) is 1.82. The van der Waals surface area contributed by atoms with E-state index in [1.165, 1.54) is 17.9 Å². The van der Waals surface area contributed by atoms with E-state index in [-0.39, 0.29) is 18.7 Å². The van der Waals surface area contributed by atoms with Crippen LogP contribution < -0.4 is 11.2 Å². The molecule has 0 amide bonds. The van der Waals surface area contributed by atoms with Crippen molar-refractivity contribution in [3.05, 3.63) is 44.6 Å². The molecular formula is C20H26N6O4. The first-order valence-corrected chi connectivity index (χ1v) is 9.98. The number of nitrogens with zero attached hydrogens (tertiary/aromatic N) is 6. The van der Waals surface area contributed by atoms with Gasteiger partial charge in [-0.3, -0.25) is 18.6 Å². The Hall–Kier alpha value is -3.17. The van der Waals surface area contributed by atoms with Crippen molar-refractivity contribution < 1.29 is 9.53 Å². The Labute approximate surface area is 172 Å². The average molecular weight is 414 g/mol. The first kappa shape index (κ1) is 20.1. The Morgan fingerprint density at radius 2 is 1.90 bits per heavy atom. The largest absolute Gasteiger partial charge is 0.459 e. The van der Waals surface area contributed by atoms with Crippen molar-refractivity contribution >= 4 is 17.1 Å². The minimum absolute atomic E-state index is 0.0530. The lowest BCUT2D eigenvalue weighted by molar-refractivity contribution is 0.0483. The molecule has 0 atom stereocenters. The molecule has 0 unspecified atom stereocenters. The second-order valence-corrected chi connectivity index (χ2v) is 8.76. The molecule has 0 bridgehead atoms. The summed E-state index contributed by atoms with van der Waals surface area (Å²) in [7, 11) is 2.98. The van der Waals surface area contributed by atoms with E-state index >= 15 is 0 Å². The lowest BCUT2D eigenvalue weighted by Crippen LogP contribution is -2.37. The van der Waals surface area contributed by atoms with E-state index < -0.39 is 17.2 Å². The number of hydrogen-bond acceptors (Lipinski definition) is 6. The van der Waals surface area contributed by atoms with Gasteiger partial charge in [-0.15, -0.1) is 0 Å². The molecular weight excluding hydrogens is 388 g/mol. The number of aryl methyl sites for hydroxylation is 1. The van der Waals surface area contributed by atoms with Gasteiger partial charge < -0.3 is 9.30 Å². The Morgan fingerprint density at radius 1 is 1.20 bits per heavy atom. The monoisotopic (exact) mass is 414 g/mol. The Balaban J connectivity index is 1.51. The highest BCUT2D eigenvalue weighted by Crippen LogP contribution is 2.41. The predicted molar refractivity (Wildman–Crippen MR) is 110 cm³/mol. The molecule has 0 aromatic carbocycles. The van der Waals surface area contributed by atoms with Gasteiger partial charge >= 0.3 is 11.7 Å². The summed E-state index contributed by atoms with van der Waals surface area (Å²) < 4.78 is 11.3. The Morgan fingerprint density at radius 3 is 2.53 bits per heavy atom. The van der Waals surface area contributed by atoms with Gasteiger partial charge in [0, 0.05) is 25.7 Å². The van der Waals surface area contributed by atoms with Gasteiger partial charge in [0.15, 0.2) is 16.9 Å². The normalized spacial score (nSPS) is 14.4. The maximum absolute atomic E-state index is 12.6. The van der Waals surface area contributed by atoms with Crippen molar-refractivity contribution in [2.24, 2.45) is 14.1 Å². The first-order chi connectivity index (χ1) is 14.1. The van der Waals surface area contributed by atoms with Crippen molar-refractivity contribution in [2.75, 3.05) is 6.61 Å². The van der Waals surface area contributed by atoms with E-state index in [1.807, 2.05) is 10.7 Å². The van der Waals surface area contributed by atoms with E-state index in [1.54, 1.807) is 11.6 Å². The minimum Gasteiger partial charge on any atom is -0.459 e. The number of esters is 1. The highest BCUT2D eigenvalue weighted by Gasteiger charge is 2.32. The molecule has 3 aromatic heterocycles. The van der Waals surface area contributed by atoms with Crippen LogP contribution in [0.4, 0.5) is 0 Å². The van der Waals surface area contributed by atoms with Gasteiger partial charge in [0.05, 0.1) is 18.4 Å². The number of hydrogen-bond donors (Lipinski definition) is 0. The van der Waals surface area contributed by atoms with Crippen LogP contribution in [0, 0.1) is 0 Å². The third-order valence-corrected chi connectivity index (χ3v) is 5.36. The van der Waals surface area contributed by atoms with Gasteiger partial charge in [-0.25, -0.2) is 14.6 Å². The number of aromatic nitrogens is 6. The van der Waals surface area contributed by atoms with Gasteiger partial charge in [0.2, 0.25) is 0 Å². The molecule has 0 radical (unpaired) electrons. The van der Waals surface area contributed by atoms with Crippen molar-refractivity contribution in [1.82, 2.24) is 28.5 Å². The van der Waals surface area contributed by atoms with E-state index in [0.717, 1.165) is 23.1 Å². The molecule has 10 nitrogen and oxygen atoms in total. The molecule has 30 heavy (non-hydrogen) atoms. The Bertz CT molecular complexity index is 1250. The van der Waals surface area contributed by atoms with Crippen LogP contribution >= 0.6 is 0 Å². The second kappa shape index (κ2) is 6.96. The number of imidazole rings is 1. The maximum atomic E-state index is 12.6. The van der Waals surface area contributed by atoms with E-state index in [4.69, 9.17) is 4.74 Å². The summed E-state index contributed by atoms with van der Waals surface area (Å²) >= 11 is 0. The lowest BCUT2D eigenvalue weighted by Gasteiger charge is -2.22. The SMILES string of the molecule is Cn1c(=O)c2c(ncn2CCOC(=O)c2cc(C3CC3)n(C(C)(C)C)n2)n(C)c1=O. The third-order valence-electron chi connectivity index (χ3n) is 5.36. The first-order valence-electron chi connectivity index (χ1n) is 9.98. The fourth-order valence-corrected chi connectivity index (χ4v) is 3.58. The molecule has 0 saturated heterocycles. The molecule has 1 saturated carbocycles. The highest BCUT2D eigenvalue weighted by atomic mass is 16.5. The zero-order chi connectivity index (χ0) is 21.8. The van der Waals surface area contributed by atoms with Crippen molar-refractivity contribution in [2.45, 2.75) is 51.6 Å². The van der Waals surface area contributed by atoms with Crippen molar-refractivity contribution in [3.8, 4) is 0 Å². The number of fused-ring (bicyclic) bond motifs is 1. The van der Waals surface area contributed by atoms with Crippen LogP contribution in [-0.2, 0) is 30.9 Å². The molecule has 0 spiro atoms. The summed E-state index contributed by atoms with van der Waals surface area (Å²) in [4.78, 5) is 41.2. The van der Waals surface area contributed by atoms with Gasteiger partial charge in [0.25, 0.3) is 5.56 Å². The molecule has 1 aliphatic rings. The van der Waals surface area contributed by atoms with E-state index in [2.05, 4.69) is 30.9 Å². The van der Waals surface area contributed by atoms with Crippen LogP contribution in [0.1, 0.15) is 55.7 Å². The van der Waals surface area contributed by atoms with Gasteiger partial charge in [-0.2, -0.15) is 5.10 Å². The molecule has 10 heteroatoms. The van der Waals surface area contributed by atoms with E-state index in [9.17, 15) is 14.4 Å². The Kier molecular flexibility index (Phi) is 4.67. The molecule has 0 N–H and O–H groups in total. The zero-order valence-corrected chi connectivity index (χ0v) is 17.9. The average Bonchev–Trinajstić information content (AvgIpc) is 3.27. The summed E-state index contributed by atoms with van der Waals surface area (Å²) in [6.45, 7) is 6.46. The predicted octanol–water partition coefficient (Wildman–Crippen LogP) is 1.12. The zero-order valence-electron chi connectivity index (χ0n) is 17.9. The quantitative estimate of drug-likeness (QED) is 0.579. The minimum atomic E-state index is -0.496. The van der Waals surface area contributed by atoms with Crippen molar-refractivity contribution in [1.29, 1.82) is 0 Å². The fraction of sp³-hybridized carbons (Fsp3) is 0.550. The third kappa shape index (κ3) is 3.35. The standard InChI is InChI=1S/C20H26N6O4/c1-20(2,3)26-14(12-6-7-12)10-13(22-26)18(28)30-9-8-25-11-21-16-15(25)17(27)24(5)19(29)23(16)4/h10-12H,6-9H2,1-5H3. The summed E-state index contributed by atoms with van der Waals surface area (Å²) in [5.74, 6) is -0.0388. The highest BCUT2D eigenvalue weighted by molar-refractivity contribution is 5.87.